The van der Waals surface area contributed by atoms with Gasteiger partial charge in [0.25, 0.3) is 0 Å². The van der Waals surface area contributed by atoms with Crippen molar-refractivity contribution in [2.75, 3.05) is 11.9 Å². The molecule has 1 atom stereocenters. The molecule has 3 aromatic carbocycles. The Kier molecular flexibility index (Phi) is 5.26. The molecule has 0 amide bonds. The van der Waals surface area contributed by atoms with E-state index in [4.69, 9.17) is 0 Å². The second-order valence-corrected chi connectivity index (χ2v) is 7.36. The summed E-state index contributed by atoms with van der Waals surface area (Å²) in [5.74, 6) is -0.410. The number of benzene rings is 3. The van der Waals surface area contributed by atoms with Crippen LogP contribution in [0.15, 0.2) is 85.7 Å². The van der Waals surface area contributed by atoms with Crippen molar-refractivity contribution in [1.82, 2.24) is 9.78 Å². The van der Waals surface area contributed by atoms with Crippen LogP contribution in [0.25, 0.3) is 16.6 Å². The number of alkyl halides is 3. The molecule has 0 spiro atoms. The van der Waals surface area contributed by atoms with Crippen molar-refractivity contribution < 1.29 is 22.7 Å². The summed E-state index contributed by atoms with van der Waals surface area (Å²) in [6.45, 7) is 3.61. The zero-order valence-corrected chi connectivity index (χ0v) is 17.0. The van der Waals surface area contributed by atoms with Crippen molar-refractivity contribution >= 4 is 16.6 Å². The van der Waals surface area contributed by atoms with E-state index in [1.54, 1.807) is 18.0 Å². The van der Waals surface area contributed by atoms with Gasteiger partial charge in [0.15, 0.2) is 0 Å². The van der Waals surface area contributed by atoms with Crippen molar-refractivity contribution in [2.24, 2.45) is 0 Å². The van der Waals surface area contributed by atoms with E-state index in [0.717, 1.165) is 0 Å². The molecule has 164 valence electrons. The maximum Gasteiger partial charge on any atom is 0.425 e. The standard InChI is InChI=1S/C24H19F4N3O/c1-3-30(2)21-6-4-5-17(14-21)23(32,24(26,27)28)18-7-12-22-16(13-18)15-29-31(22)20-10-8-19(25)9-11-20/h3-15,32H,1H2,2H3. The van der Waals surface area contributed by atoms with Crippen LogP contribution in [0.3, 0.4) is 0 Å². The second kappa shape index (κ2) is 7.80. The minimum absolute atomic E-state index is 0.318. The van der Waals surface area contributed by atoms with Gasteiger partial charge in [-0.1, -0.05) is 24.8 Å². The Morgan fingerprint density at radius 1 is 1.00 bits per heavy atom. The summed E-state index contributed by atoms with van der Waals surface area (Å²) in [4.78, 5) is 1.55. The number of anilines is 1. The van der Waals surface area contributed by atoms with E-state index in [-0.39, 0.29) is 11.1 Å². The number of aromatic nitrogens is 2. The fourth-order valence-electron chi connectivity index (χ4n) is 3.60. The fraction of sp³-hybridized carbons (Fsp3) is 0.125. The van der Waals surface area contributed by atoms with Crippen molar-refractivity contribution in [2.45, 2.75) is 11.8 Å². The Balaban J connectivity index is 1.85. The molecule has 8 heteroatoms. The number of nitrogens with zero attached hydrogens (tertiary/aromatic N) is 3. The van der Waals surface area contributed by atoms with Gasteiger partial charge >= 0.3 is 6.18 Å². The van der Waals surface area contributed by atoms with Crippen LogP contribution in [0.4, 0.5) is 23.2 Å². The molecule has 4 aromatic rings. The predicted molar refractivity (Wildman–Crippen MR) is 115 cm³/mol. The van der Waals surface area contributed by atoms with Gasteiger partial charge in [0.2, 0.25) is 5.60 Å². The first-order chi connectivity index (χ1) is 15.1. The van der Waals surface area contributed by atoms with E-state index in [2.05, 4.69) is 11.7 Å². The quantitative estimate of drug-likeness (QED) is 0.414. The number of fused-ring (bicyclic) bond motifs is 1. The molecule has 0 fully saturated rings. The minimum atomic E-state index is -4.99. The van der Waals surface area contributed by atoms with E-state index in [1.165, 1.54) is 77.7 Å². The van der Waals surface area contributed by atoms with Crippen LogP contribution in [0.5, 0.6) is 0 Å². The average Bonchev–Trinajstić information content (AvgIpc) is 3.21. The molecule has 1 heterocycles. The molecule has 0 bridgehead atoms. The second-order valence-electron chi connectivity index (χ2n) is 7.36. The Hall–Kier alpha value is -3.65. The van der Waals surface area contributed by atoms with Gasteiger partial charge in [0, 0.05) is 18.1 Å². The van der Waals surface area contributed by atoms with Crippen LogP contribution in [-0.4, -0.2) is 28.1 Å². The van der Waals surface area contributed by atoms with Crippen LogP contribution in [-0.2, 0) is 5.60 Å². The Morgan fingerprint density at radius 3 is 2.34 bits per heavy atom. The summed E-state index contributed by atoms with van der Waals surface area (Å²) < 4.78 is 57.5. The first kappa shape index (κ1) is 21.6. The van der Waals surface area contributed by atoms with E-state index < -0.39 is 17.6 Å². The molecule has 4 nitrogen and oxygen atoms in total. The Bertz CT molecular complexity index is 1280. The Morgan fingerprint density at radius 2 is 1.69 bits per heavy atom. The smallest absolute Gasteiger partial charge is 0.372 e. The molecule has 0 saturated carbocycles. The highest BCUT2D eigenvalue weighted by Gasteiger charge is 2.56. The van der Waals surface area contributed by atoms with Crippen LogP contribution in [0.1, 0.15) is 11.1 Å². The van der Waals surface area contributed by atoms with Gasteiger partial charge in [0.1, 0.15) is 5.82 Å². The first-order valence-corrected chi connectivity index (χ1v) is 9.64. The van der Waals surface area contributed by atoms with Gasteiger partial charge in [-0.2, -0.15) is 18.3 Å². The zero-order valence-electron chi connectivity index (χ0n) is 17.0. The van der Waals surface area contributed by atoms with Crippen LogP contribution < -0.4 is 4.90 Å². The molecular weight excluding hydrogens is 422 g/mol. The van der Waals surface area contributed by atoms with Crippen molar-refractivity contribution in [3.8, 4) is 5.69 Å². The Labute approximate surface area is 181 Å². The van der Waals surface area contributed by atoms with Gasteiger partial charge in [-0.05, 0) is 65.9 Å². The highest BCUT2D eigenvalue weighted by atomic mass is 19.4. The summed E-state index contributed by atoms with van der Waals surface area (Å²) in [6, 6.07) is 15.1. The maximum absolute atomic E-state index is 14.3. The molecule has 1 unspecified atom stereocenters. The van der Waals surface area contributed by atoms with Gasteiger partial charge in [-0.3, -0.25) is 0 Å². The van der Waals surface area contributed by atoms with E-state index >= 15 is 0 Å². The van der Waals surface area contributed by atoms with E-state index in [0.29, 0.717) is 22.3 Å². The number of halogens is 4. The minimum Gasteiger partial charge on any atom is -0.372 e. The maximum atomic E-state index is 14.3. The molecule has 1 N–H and O–H groups in total. The predicted octanol–water partition coefficient (Wildman–Crippen LogP) is 5.54. The molecule has 4 rings (SSSR count). The highest BCUT2D eigenvalue weighted by Crippen LogP contribution is 2.45. The topological polar surface area (TPSA) is 41.3 Å². The molecule has 0 saturated heterocycles. The van der Waals surface area contributed by atoms with Crippen molar-refractivity contribution in [3.63, 3.8) is 0 Å². The zero-order chi connectivity index (χ0) is 23.1. The van der Waals surface area contributed by atoms with Crippen LogP contribution in [0, 0.1) is 5.82 Å². The lowest BCUT2D eigenvalue weighted by molar-refractivity contribution is -0.248. The van der Waals surface area contributed by atoms with Gasteiger partial charge in [-0.15, -0.1) is 0 Å². The fourth-order valence-corrected chi connectivity index (χ4v) is 3.60. The van der Waals surface area contributed by atoms with Crippen LogP contribution >= 0.6 is 0 Å². The molecule has 1 aromatic heterocycles. The molecular formula is C24H19F4N3O. The SMILES string of the molecule is C=CN(C)c1cccc(C(O)(c2ccc3c(cnn3-c3ccc(F)cc3)c2)C(F)(F)F)c1. The lowest BCUT2D eigenvalue weighted by Gasteiger charge is -2.32. The molecule has 0 aliphatic rings. The van der Waals surface area contributed by atoms with Gasteiger partial charge in [-0.25, -0.2) is 9.07 Å². The summed E-state index contributed by atoms with van der Waals surface area (Å²) in [5.41, 5.74) is -2.37. The van der Waals surface area contributed by atoms with Gasteiger partial charge < -0.3 is 10.0 Å². The monoisotopic (exact) mass is 441 g/mol. The third-order valence-corrected chi connectivity index (χ3v) is 5.41. The number of hydrogen-bond acceptors (Lipinski definition) is 3. The summed E-state index contributed by atoms with van der Waals surface area (Å²) >= 11 is 0. The van der Waals surface area contributed by atoms with Crippen LogP contribution in [0.2, 0.25) is 0 Å². The molecule has 32 heavy (non-hydrogen) atoms. The van der Waals surface area contributed by atoms with Gasteiger partial charge in [0.05, 0.1) is 17.4 Å². The van der Waals surface area contributed by atoms with Crippen molar-refractivity contribution in [1.29, 1.82) is 0 Å². The van der Waals surface area contributed by atoms with Crippen molar-refractivity contribution in [3.05, 3.63) is 103 Å². The lowest BCUT2D eigenvalue weighted by Crippen LogP contribution is -2.43. The van der Waals surface area contributed by atoms with E-state index in [1.807, 2.05) is 0 Å². The molecule has 0 aliphatic carbocycles. The first-order valence-electron chi connectivity index (χ1n) is 9.64. The highest BCUT2D eigenvalue weighted by molar-refractivity contribution is 5.81. The summed E-state index contributed by atoms with van der Waals surface area (Å²) in [6.07, 6.45) is -2.12. The third kappa shape index (κ3) is 3.52. The number of rotatable bonds is 5. The summed E-state index contributed by atoms with van der Waals surface area (Å²) in [7, 11) is 1.65. The molecule has 0 aliphatic heterocycles. The largest absolute Gasteiger partial charge is 0.425 e. The van der Waals surface area contributed by atoms with E-state index in [9.17, 15) is 22.7 Å². The number of hydrogen-bond donors (Lipinski definition) is 1. The lowest BCUT2D eigenvalue weighted by atomic mass is 9.85. The molecule has 0 radical (unpaired) electrons. The normalized spacial score (nSPS) is 13.7. The summed E-state index contributed by atoms with van der Waals surface area (Å²) in [5, 5.41) is 15.7. The average molecular weight is 441 g/mol. The number of aliphatic hydroxyl groups is 1. The third-order valence-electron chi connectivity index (χ3n) is 5.41.